The standard InChI is InChI=1S/C20H15Cl2N3O/c1-12-6-8-17(16(22)10-12)24-19-14-4-2-3-5-15(14)20(26)25(19)18-9-7-13(21)11-23-18/h2-11,19,24H,1H3. The predicted molar refractivity (Wildman–Crippen MR) is 105 cm³/mol. The van der Waals surface area contributed by atoms with Crippen molar-refractivity contribution >= 4 is 40.6 Å². The highest BCUT2D eigenvalue weighted by Gasteiger charge is 2.38. The number of amides is 1. The second-order valence-corrected chi connectivity index (χ2v) is 6.97. The molecule has 0 fully saturated rings. The van der Waals surface area contributed by atoms with Crippen LogP contribution in [0.15, 0.2) is 60.8 Å². The lowest BCUT2D eigenvalue weighted by Gasteiger charge is -2.26. The minimum Gasteiger partial charge on any atom is -0.360 e. The molecule has 0 bridgehead atoms. The number of carbonyl (C=O) groups excluding carboxylic acids is 1. The van der Waals surface area contributed by atoms with Crippen LogP contribution < -0.4 is 10.2 Å². The van der Waals surface area contributed by atoms with Crippen LogP contribution in [0.25, 0.3) is 0 Å². The van der Waals surface area contributed by atoms with Crippen molar-refractivity contribution in [1.82, 2.24) is 4.98 Å². The Morgan fingerprint density at radius 2 is 1.88 bits per heavy atom. The zero-order valence-electron chi connectivity index (χ0n) is 13.9. The Morgan fingerprint density at radius 1 is 1.08 bits per heavy atom. The van der Waals surface area contributed by atoms with Gasteiger partial charge in [0.1, 0.15) is 12.0 Å². The van der Waals surface area contributed by atoms with Gasteiger partial charge in [-0.15, -0.1) is 0 Å². The van der Waals surface area contributed by atoms with E-state index in [9.17, 15) is 4.79 Å². The third-order valence-electron chi connectivity index (χ3n) is 4.34. The summed E-state index contributed by atoms with van der Waals surface area (Å²) in [5.74, 6) is 0.410. The van der Waals surface area contributed by atoms with E-state index in [0.29, 0.717) is 21.4 Å². The number of nitrogens with zero attached hydrogens (tertiary/aromatic N) is 2. The van der Waals surface area contributed by atoms with Crippen molar-refractivity contribution in [3.05, 3.63) is 87.5 Å². The van der Waals surface area contributed by atoms with Gasteiger partial charge >= 0.3 is 0 Å². The number of nitrogens with one attached hydrogen (secondary N) is 1. The summed E-state index contributed by atoms with van der Waals surface area (Å²) in [4.78, 5) is 18.9. The van der Waals surface area contributed by atoms with E-state index in [1.54, 1.807) is 17.0 Å². The molecule has 1 unspecified atom stereocenters. The number of aryl methyl sites for hydroxylation is 1. The number of fused-ring (bicyclic) bond motifs is 1. The first-order chi connectivity index (χ1) is 12.5. The zero-order valence-corrected chi connectivity index (χ0v) is 15.4. The lowest BCUT2D eigenvalue weighted by atomic mass is 10.1. The number of carbonyl (C=O) groups is 1. The molecule has 26 heavy (non-hydrogen) atoms. The SMILES string of the molecule is Cc1ccc(NC2c3ccccc3C(=O)N2c2ccc(Cl)cn2)c(Cl)c1. The maximum atomic E-state index is 13.0. The van der Waals surface area contributed by atoms with Gasteiger partial charge in [0.25, 0.3) is 5.91 Å². The number of pyridine rings is 1. The second-order valence-electron chi connectivity index (χ2n) is 6.13. The normalized spacial score (nSPS) is 15.9. The minimum absolute atomic E-state index is 0.115. The van der Waals surface area contributed by atoms with Crippen molar-refractivity contribution < 1.29 is 4.79 Å². The molecule has 1 aliphatic heterocycles. The smallest absolute Gasteiger partial charge is 0.261 e. The molecular formula is C20H15Cl2N3O. The number of anilines is 2. The Kier molecular flexibility index (Phi) is 4.31. The average molecular weight is 384 g/mol. The van der Waals surface area contributed by atoms with Gasteiger partial charge in [-0.2, -0.15) is 0 Å². The molecule has 0 radical (unpaired) electrons. The molecule has 1 amide bonds. The van der Waals surface area contributed by atoms with Gasteiger partial charge in [0.15, 0.2) is 0 Å². The molecular weight excluding hydrogens is 369 g/mol. The number of hydrogen-bond donors (Lipinski definition) is 1. The number of halogens is 2. The van der Waals surface area contributed by atoms with Crippen LogP contribution in [-0.2, 0) is 0 Å². The molecule has 1 aliphatic rings. The summed E-state index contributed by atoms with van der Waals surface area (Å²) in [5, 5.41) is 4.51. The summed E-state index contributed by atoms with van der Waals surface area (Å²) in [6, 6.07) is 16.7. The van der Waals surface area contributed by atoms with Crippen LogP contribution in [-0.4, -0.2) is 10.9 Å². The summed E-state index contributed by atoms with van der Waals surface area (Å²) in [6.45, 7) is 1.98. The topological polar surface area (TPSA) is 45.2 Å². The molecule has 2 aromatic carbocycles. The fraction of sp³-hybridized carbons (Fsp3) is 0.100. The molecule has 0 saturated heterocycles. The molecule has 1 aromatic heterocycles. The van der Waals surface area contributed by atoms with Gasteiger partial charge in [0.2, 0.25) is 0 Å². The van der Waals surface area contributed by atoms with Crippen LogP contribution >= 0.6 is 23.2 Å². The van der Waals surface area contributed by atoms with Gasteiger partial charge in [-0.05, 0) is 42.8 Å². The van der Waals surface area contributed by atoms with Gasteiger partial charge in [-0.25, -0.2) is 4.98 Å². The van der Waals surface area contributed by atoms with Crippen LogP contribution in [0.2, 0.25) is 10.0 Å². The molecule has 3 aromatic rings. The predicted octanol–water partition coefficient (Wildman–Crippen LogP) is 5.47. The summed E-state index contributed by atoms with van der Waals surface area (Å²) < 4.78 is 0. The van der Waals surface area contributed by atoms with E-state index in [4.69, 9.17) is 23.2 Å². The number of rotatable bonds is 3. The Labute approximate surface area is 161 Å². The highest BCUT2D eigenvalue weighted by atomic mass is 35.5. The van der Waals surface area contributed by atoms with Crippen molar-refractivity contribution in [2.24, 2.45) is 0 Å². The van der Waals surface area contributed by atoms with Crippen LogP contribution in [0.5, 0.6) is 0 Å². The largest absolute Gasteiger partial charge is 0.360 e. The second kappa shape index (κ2) is 6.63. The zero-order chi connectivity index (χ0) is 18.3. The first kappa shape index (κ1) is 16.9. The van der Waals surface area contributed by atoms with E-state index in [-0.39, 0.29) is 5.91 Å². The summed E-state index contributed by atoms with van der Waals surface area (Å²) in [7, 11) is 0. The van der Waals surface area contributed by atoms with Gasteiger partial charge in [0, 0.05) is 17.3 Å². The summed E-state index contributed by atoms with van der Waals surface area (Å²) >= 11 is 12.3. The quantitative estimate of drug-likeness (QED) is 0.652. The molecule has 0 saturated carbocycles. The monoisotopic (exact) mass is 383 g/mol. The Hall–Kier alpha value is -2.56. The van der Waals surface area contributed by atoms with E-state index in [0.717, 1.165) is 16.8 Å². The third-order valence-corrected chi connectivity index (χ3v) is 4.87. The maximum Gasteiger partial charge on any atom is 0.261 e. The van der Waals surface area contributed by atoms with Crippen molar-refractivity contribution in [1.29, 1.82) is 0 Å². The van der Waals surface area contributed by atoms with Gasteiger partial charge < -0.3 is 5.32 Å². The van der Waals surface area contributed by atoms with Crippen molar-refractivity contribution in [2.75, 3.05) is 10.2 Å². The summed E-state index contributed by atoms with van der Waals surface area (Å²) in [6.07, 6.45) is 1.12. The number of benzene rings is 2. The van der Waals surface area contributed by atoms with E-state index in [2.05, 4.69) is 10.3 Å². The highest BCUT2D eigenvalue weighted by molar-refractivity contribution is 6.33. The lowest BCUT2D eigenvalue weighted by molar-refractivity contribution is 0.0992. The van der Waals surface area contributed by atoms with Crippen molar-refractivity contribution in [3.8, 4) is 0 Å². The fourth-order valence-corrected chi connectivity index (χ4v) is 3.49. The highest BCUT2D eigenvalue weighted by Crippen LogP contribution is 2.38. The van der Waals surface area contributed by atoms with Gasteiger partial charge in [0.05, 0.1) is 15.7 Å². The maximum absolute atomic E-state index is 13.0. The Morgan fingerprint density at radius 3 is 2.62 bits per heavy atom. The molecule has 130 valence electrons. The fourth-order valence-electron chi connectivity index (χ4n) is 3.09. The van der Waals surface area contributed by atoms with Gasteiger partial charge in [-0.3, -0.25) is 9.69 Å². The van der Waals surface area contributed by atoms with E-state index < -0.39 is 6.17 Å². The Balaban J connectivity index is 1.79. The molecule has 1 atom stereocenters. The number of aromatic nitrogens is 1. The summed E-state index contributed by atoms with van der Waals surface area (Å²) in [5.41, 5.74) is 3.35. The Bertz CT molecular complexity index is 989. The van der Waals surface area contributed by atoms with Crippen LogP contribution in [0, 0.1) is 6.92 Å². The molecule has 0 aliphatic carbocycles. The minimum atomic E-state index is -0.410. The lowest BCUT2D eigenvalue weighted by Crippen LogP contribution is -2.33. The van der Waals surface area contributed by atoms with Crippen molar-refractivity contribution in [3.63, 3.8) is 0 Å². The molecule has 4 nitrogen and oxygen atoms in total. The third kappa shape index (κ3) is 2.91. The first-order valence-corrected chi connectivity index (χ1v) is 8.87. The van der Waals surface area contributed by atoms with Crippen LogP contribution in [0.4, 0.5) is 11.5 Å². The van der Waals surface area contributed by atoms with Crippen molar-refractivity contribution in [2.45, 2.75) is 13.1 Å². The molecule has 6 heteroatoms. The molecule has 2 heterocycles. The van der Waals surface area contributed by atoms with E-state index in [1.165, 1.54) is 6.20 Å². The van der Waals surface area contributed by atoms with Crippen LogP contribution in [0.3, 0.4) is 0 Å². The van der Waals surface area contributed by atoms with Crippen LogP contribution in [0.1, 0.15) is 27.7 Å². The van der Waals surface area contributed by atoms with Gasteiger partial charge in [-0.1, -0.05) is 47.5 Å². The first-order valence-electron chi connectivity index (χ1n) is 8.11. The van der Waals surface area contributed by atoms with E-state index in [1.807, 2.05) is 49.4 Å². The number of hydrogen-bond acceptors (Lipinski definition) is 3. The molecule has 4 rings (SSSR count). The molecule has 0 spiro atoms. The molecule has 1 N–H and O–H groups in total. The average Bonchev–Trinajstić information content (AvgIpc) is 2.91. The van der Waals surface area contributed by atoms with E-state index >= 15 is 0 Å².